The Morgan fingerprint density at radius 1 is 1.46 bits per heavy atom. The number of alkyl halides is 3. The molecule has 26 heavy (non-hydrogen) atoms. The number of nitrogen functional groups attached to an aromatic ring is 1. The molecule has 0 radical (unpaired) electrons. The number of halogens is 4. The summed E-state index contributed by atoms with van der Waals surface area (Å²) in [6, 6.07) is 2.54. The zero-order valence-electron chi connectivity index (χ0n) is 12.8. The molecule has 0 aliphatic heterocycles. The number of esters is 1. The summed E-state index contributed by atoms with van der Waals surface area (Å²) in [6.07, 6.45) is -4.01. The number of ether oxygens (including phenoxy) is 1. The van der Waals surface area contributed by atoms with Gasteiger partial charge >= 0.3 is 12.1 Å². The highest BCUT2D eigenvalue weighted by atomic mass is 35.5. The number of nitrogens with two attached hydrogens (primary N) is 1. The number of carbonyl (C=O) groups excluding carboxylic acids is 1. The molecule has 0 spiro atoms. The highest BCUT2D eigenvalue weighted by molar-refractivity contribution is 6.31. The molecule has 12 heteroatoms. The van der Waals surface area contributed by atoms with E-state index in [0.717, 1.165) is 13.3 Å². The number of carbonyl (C=O) groups is 1. The van der Waals surface area contributed by atoms with Gasteiger partial charge in [-0.05, 0) is 6.07 Å². The molecule has 136 valence electrons. The maximum atomic E-state index is 13.1. The lowest BCUT2D eigenvalue weighted by atomic mass is 10.1. The number of benzene rings is 1. The number of methoxy groups -OCH3 is 1. The minimum absolute atomic E-state index is 0.275. The third-order valence-corrected chi connectivity index (χ3v) is 3.68. The van der Waals surface area contributed by atoms with Crippen molar-refractivity contribution in [1.82, 2.24) is 4.57 Å². The molecule has 8 nitrogen and oxygen atoms in total. The van der Waals surface area contributed by atoms with E-state index in [2.05, 4.69) is 4.74 Å². The van der Waals surface area contributed by atoms with Crippen LogP contribution in [0.1, 0.15) is 21.6 Å². The van der Waals surface area contributed by atoms with Gasteiger partial charge < -0.3 is 15.0 Å². The van der Waals surface area contributed by atoms with E-state index in [1.165, 1.54) is 0 Å². The summed E-state index contributed by atoms with van der Waals surface area (Å²) < 4.78 is 44.6. The Morgan fingerprint density at radius 2 is 2.08 bits per heavy atom. The van der Waals surface area contributed by atoms with Crippen molar-refractivity contribution in [3.63, 3.8) is 0 Å². The first-order valence-electron chi connectivity index (χ1n) is 6.57. The Morgan fingerprint density at radius 3 is 2.54 bits per heavy atom. The summed E-state index contributed by atoms with van der Waals surface area (Å²) in [5.41, 5.74) is 1.62. The second kappa shape index (κ2) is 6.57. The van der Waals surface area contributed by atoms with Gasteiger partial charge in [0.25, 0.3) is 5.69 Å². The van der Waals surface area contributed by atoms with E-state index in [-0.39, 0.29) is 5.56 Å². The Balaban J connectivity index is 2.94. The quantitative estimate of drug-likeness (QED) is 0.488. The highest BCUT2D eigenvalue weighted by Crippen LogP contribution is 2.40. The number of hydrogen-bond donors (Lipinski definition) is 1. The largest absolute Gasteiger partial charge is 0.464 e. The molecule has 0 saturated carbocycles. The number of nitriles is 1. The van der Waals surface area contributed by atoms with Crippen molar-refractivity contribution in [1.29, 1.82) is 5.26 Å². The first-order valence-corrected chi connectivity index (χ1v) is 6.95. The fraction of sp³-hybridized carbons (Fsp3) is 0.143. The van der Waals surface area contributed by atoms with Gasteiger partial charge in [-0.1, -0.05) is 11.6 Å². The van der Waals surface area contributed by atoms with Crippen LogP contribution >= 0.6 is 11.6 Å². The Kier molecular flexibility index (Phi) is 4.82. The monoisotopic (exact) mass is 388 g/mol. The van der Waals surface area contributed by atoms with E-state index < -0.39 is 50.4 Å². The van der Waals surface area contributed by atoms with E-state index in [1.54, 1.807) is 6.07 Å². The molecule has 0 aliphatic carbocycles. The molecule has 0 atom stereocenters. The van der Waals surface area contributed by atoms with Gasteiger partial charge in [-0.15, -0.1) is 0 Å². The van der Waals surface area contributed by atoms with Crippen molar-refractivity contribution in [2.24, 2.45) is 0 Å². The third kappa shape index (κ3) is 3.14. The maximum Gasteiger partial charge on any atom is 0.417 e. The van der Waals surface area contributed by atoms with Gasteiger partial charge in [-0.25, -0.2) is 4.79 Å². The third-order valence-electron chi connectivity index (χ3n) is 3.37. The summed E-state index contributed by atoms with van der Waals surface area (Å²) in [5.74, 6) is -1.10. The fourth-order valence-electron chi connectivity index (χ4n) is 2.21. The van der Waals surface area contributed by atoms with Crippen LogP contribution in [0.25, 0.3) is 5.69 Å². The van der Waals surface area contributed by atoms with Crippen LogP contribution in [0.5, 0.6) is 0 Å². The molecule has 0 amide bonds. The maximum absolute atomic E-state index is 13.1. The normalized spacial score (nSPS) is 11.1. The molecule has 1 aromatic heterocycles. The van der Waals surface area contributed by atoms with Crippen molar-refractivity contribution in [3.05, 3.63) is 50.3 Å². The van der Waals surface area contributed by atoms with E-state index >= 15 is 0 Å². The average molecular weight is 389 g/mol. The molecule has 2 aromatic rings. The second-order valence-corrected chi connectivity index (χ2v) is 5.26. The van der Waals surface area contributed by atoms with Crippen LogP contribution in [0.3, 0.4) is 0 Å². The average Bonchev–Trinajstić information content (AvgIpc) is 2.89. The van der Waals surface area contributed by atoms with Gasteiger partial charge in [-0.3, -0.25) is 10.1 Å². The number of nitro benzene ring substituents is 1. The highest BCUT2D eigenvalue weighted by Gasteiger charge is 2.37. The Hall–Kier alpha value is -3.26. The van der Waals surface area contributed by atoms with E-state index in [0.29, 0.717) is 16.7 Å². The van der Waals surface area contributed by atoms with E-state index in [4.69, 9.17) is 22.6 Å². The lowest BCUT2D eigenvalue weighted by molar-refractivity contribution is -0.384. The van der Waals surface area contributed by atoms with Crippen LogP contribution in [0.4, 0.5) is 24.5 Å². The van der Waals surface area contributed by atoms with E-state index in [1.807, 2.05) is 0 Å². The number of nitro groups is 1. The van der Waals surface area contributed by atoms with Gasteiger partial charge in [0, 0.05) is 12.3 Å². The SMILES string of the molecule is COC(=O)c1c(N)c(C#N)cn1-c1cc(C(F)(F)F)c(Cl)cc1[N+](=O)[O-]. The van der Waals surface area contributed by atoms with Gasteiger partial charge in [0.1, 0.15) is 11.8 Å². The van der Waals surface area contributed by atoms with Crippen LogP contribution < -0.4 is 5.73 Å². The van der Waals surface area contributed by atoms with Crippen LogP contribution in [-0.2, 0) is 10.9 Å². The Bertz CT molecular complexity index is 963. The molecular weight excluding hydrogens is 381 g/mol. The van der Waals surface area contributed by atoms with E-state index in [9.17, 15) is 28.1 Å². The van der Waals surface area contributed by atoms with Gasteiger partial charge in [-0.2, -0.15) is 18.4 Å². The number of nitrogens with zero attached hydrogens (tertiary/aromatic N) is 3. The smallest absolute Gasteiger partial charge is 0.417 e. The summed E-state index contributed by atoms with van der Waals surface area (Å²) in [4.78, 5) is 22.2. The van der Waals surface area contributed by atoms with Gasteiger partial charge in [0.05, 0.1) is 33.9 Å². The molecule has 2 rings (SSSR count). The summed E-state index contributed by atoms with van der Waals surface area (Å²) in [6.45, 7) is 0. The zero-order valence-corrected chi connectivity index (χ0v) is 13.6. The molecule has 1 aromatic carbocycles. The number of anilines is 1. The predicted molar refractivity (Wildman–Crippen MR) is 82.9 cm³/mol. The summed E-state index contributed by atoms with van der Waals surface area (Å²) >= 11 is 5.51. The molecule has 0 aliphatic rings. The Labute approximate surface area is 148 Å². The molecule has 1 heterocycles. The number of rotatable bonds is 3. The number of hydrogen-bond acceptors (Lipinski definition) is 6. The van der Waals surface area contributed by atoms with Crippen molar-refractivity contribution >= 4 is 28.9 Å². The van der Waals surface area contributed by atoms with Gasteiger partial charge in [0.15, 0.2) is 5.69 Å². The van der Waals surface area contributed by atoms with Crippen LogP contribution in [0.15, 0.2) is 18.3 Å². The zero-order chi connectivity index (χ0) is 19.8. The van der Waals surface area contributed by atoms with Crippen molar-refractivity contribution in [2.75, 3.05) is 12.8 Å². The van der Waals surface area contributed by atoms with Crippen molar-refractivity contribution in [3.8, 4) is 11.8 Å². The first kappa shape index (κ1) is 19.1. The summed E-state index contributed by atoms with van der Waals surface area (Å²) in [7, 11) is 0.975. The van der Waals surface area contributed by atoms with Crippen LogP contribution in [0, 0.1) is 21.4 Å². The van der Waals surface area contributed by atoms with Crippen LogP contribution in [-0.4, -0.2) is 22.6 Å². The van der Waals surface area contributed by atoms with Gasteiger partial charge in [0.2, 0.25) is 0 Å². The number of aromatic nitrogens is 1. The molecular formula is C14H8ClF3N4O4. The van der Waals surface area contributed by atoms with Crippen LogP contribution in [0.2, 0.25) is 5.02 Å². The van der Waals surface area contributed by atoms with Crippen molar-refractivity contribution in [2.45, 2.75) is 6.18 Å². The van der Waals surface area contributed by atoms with Crippen molar-refractivity contribution < 1.29 is 27.6 Å². The minimum atomic E-state index is -4.91. The molecule has 0 unspecified atom stereocenters. The predicted octanol–water partition coefficient (Wildman–Crippen LogP) is 3.30. The molecule has 0 saturated heterocycles. The lowest BCUT2D eigenvalue weighted by Crippen LogP contribution is -2.14. The molecule has 0 fully saturated rings. The standard InChI is InChI=1S/C14H8ClF3N4O4/c1-26-13(23)12-11(20)6(4-19)5-21(12)9-2-7(14(16,17)18)8(15)3-10(9)22(24)25/h2-3,5H,20H2,1H3. The minimum Gasteiger partial charge on any atom is -0.464 e. The molecule has 0 bridgehead atoms. The molecule has 2 N–H and O–H groups in total. The first-order chi connectivity index (χ1) is 12.0. The lowest BCUT2D eigenvalue weighted by Gasteiger charge is -2.14. The fourth-order valence-corrected chi connectivity index (χ4v) is 2.48. The second-order valence-electron chi connectivity index (χ2n) is 4.85. The topological polar surface area (TPSA) is 124 Å². The summed E-state index contributed by atoms with van der Waals surface area (Å²) in [5, 5.41) is 19.4.